The zero-order chi connectivity index (χ0) is 28.1. The Kier molecular flexibility index (Phi) is 7.19. The van der Waals surface area contributed by atoms with Crippen LogP contribution in [0.15, 0.2) is 30.5 Å². The minimum Gasteiger partial charge on any atom is -0.379 e. The largest absolute Gasteiger partial charge is 0.433 e. The van der Waals surface area contributed by atoms with Gasteiger partial charge in [0.25, 0.3) is 5.91 Å². The highest BCUT2D eigenvalue weighted by Gasteiger charge is 2.38. The van der Waals surface area contributed by atoms with Gasteiger partial charge in [-0.05, 0) is 95.6 Å². The molecule has 3 N–H and O–H groups in total. The van der Waals surface area contributed by atoms with Gasteiger partial charge in [-0.1, -0.05) is 11.6 Å². The molecule has 2 saturated carbocycles. The quantitative estimate of drug-likeness (QED) is 0.315. The summed E-state index contributed by atoms with van der Waals surface area (Å²) in [7, 11) is 0. The third-order valence-corrected chi connectivity index (χ3v) is 8.70. The monoisotopic (exact) mass is 574 g/mol. The molecule has 7 nitrogen and oxygen atoms in total. The van der Waals surface area contributed by atoms with E-state index in [0.717, 1.165) is 69.8 Å². The van der Waals surface area contributed by atoms with Gasteiger partial charge in [-0.2, -0.15) is 18.3 Å². The molecule has 1 aliphatic heterocycles. The average Bonchev–Trinajstić information content (AvgIpc) is 3.66. The molecule has 3 fully saturated rings. The fourth-order valence-corrected chi connectivity index (χ4v) is 6.43. The van der Waals surface area contributed by atoms with Gasteiger partial charge in [0.1, 0.15) is 5.69 Å². The molecule has 1 amide bonds. The van der Waals surface area contributed by atoms with Crippen LogP contribution in [0.5, 0.6) is 0 Å². The molecule has 6 rings (SSSR count). The second-order valence-electron chi connectivity index (χ2n) is 11.8. The van der Waals surface area contributed by atoms with Crippen LogP contribution in [-0.4, -0.2) is 45.3 Å². The van der Waals surface area contributed by atoms with Crippen LogP contribution in [0.3, 0.4) is 0 Å². The van der Waals surface area contributed by atoms with E-state index < -0.39 is 17.4 Å². The summed E-state index contributed by atoms with van der Waals surface area (Å²) in [6.07, 6.45) is 4.40. The van der Waals surface area contributed by atoms with Gasteiger partial charge in [0, 0.05) is 39.8 Å². The Labute approximate surface area is 236 Å². The van der Waals surface area contributed by atoms with E-state index in [1.807, 2.05) is 17.8 Å². The molecule has 0 bridgehead atoms. The van der Waals surface area contributed by atoms with Crippen molar-refractivity contribution in [2.75, 3.05) is 18.4 Å². The molecular weight excluding hydrogens is 541 g/mol. The van der Waals surface area contributed by atoms with Gasteiger partial charge >= 0.3 is 6.18 Å². The standard InChI is InChI=1S/C29H34ClF3N6O/c1-28(37-24-14-25(29(31,32)33)36-23-7-6-18(30)13-21(23)24)10-2-3-19(15-28)35-27(40)22-16-39(20-8-11-34-12-9-20)38-26(22)17-4-5-17/h6-7,13-14,16-17,19-20,34H,2-5,8-12,15H2,1H3,(H,35,40)(H,36,37)/t19-,28+/m1/s1. The van der Waals surface area contributed by atoms with Crippen LogP contribution in [-0.2, 0) is 6.18 Å². The molecular formula is C29H34ClF3N6O. The SMILES string of the molecule is C[C@]1(Nc2cc(C(F)(F)F)nc3ccc(Cl)cc23)CCC[C@@H](NC(=O)c2cn(C3CCNCC3)nc2C2CC2)C1. The average molecular weight is 575 g/mol. The summed E-state index contributed by atoms with van der Waals surface area (Å²) in [6, 6.07) is 5.92. The molecule has 1 saturated heterocycles. The molecule has 3 aliphatic rings. The molecule has 2 aromatic heterocycles. The normalized spacial score (nSPS) is 24.3. The van der Waals surface area contributed by atoms with E-state index in [2.05, 4.69) is 20.9 Å². The topological polar surface area (TPSA) is 83.9 Å². The van der Waals surface area contributed by atoms with Crippen LogP contribution in [0.2, 0.25) is 5.02 Å². The maximum atomic E-state index is 13.7. The molecule has 0 unspecified atom stereocenters. The van der Waals surface area contributed by atoms with Crippen molar-refractivity contribution in [3.05, 3.63) is 52.4 Å². The summed E-state index contributed by atoms with van der Waals surface area (Å²) >= 11 is 6.19. The van der Waals surface area contributed by atoms with Crippen molar-refractivity contribution >= 4 is 34.1 Å². The van der Waals surface area contributed by atoms with Gasteiger partial charge in [0.2, 0.25) is 0 Å². The Morgan fingerprint density at radius 3 is 2.65 bits per heavy atom. The van der Waals surface area contributed by atoms with Gasteiger partial charge in [-0.25, -0.2) is 4.98 Å². The van der Waals surface area contributed by atoms with Crippen LogP contribution in [0.4, 0.5) is 18.9 Å². The number of alkyl halides is 3. The number of carbonyl (C=O) groups excluding carboxylic acids is 1. The van der Waals surface area contributed by atoms with Gasteiger partial charge in [0.15, 0.2) is 0 Å². The van der Waals surface area contributed by atoms with Crippen molar-refractivity contribution in [1.29, 1.82) is 0 Å². The lowest BCUT2D eigenvalue weighted by molar-refractivity contribution is -0.140. The molecule has 0 spiro atoms. The number of pyridine rings is 1. The Morgan fingerprint density at radius 2 is 1.93 bits per heavy atom. The lowest BCUT2D eigenvalue weighted by atomic mass is 9.80. The molecule has 40 heavy (non-hydrogen) atoms. The van der Waals surface area contributed by atoms with Crippen molar-refractivity contribution in [3.8, 4) is 0 Å². The highest BCUT2D eigenvalue weighted by molar-refractivity contribution is 6.31. The van der Waals surface area contributed by atoms with Crippen molar-refractivity contribution in [1.82, 2.24) is 25.4 Å². The molecule has 2 aliphatic carbocycles. The zero-order valence-corrected chi connectivity index (χ0v) is 23.2. The molecule has 214 valence electrons. The van der Waals surface area contributed by atoms with Crippen molar-refractivity contribution in [2.45, 2.75) is 88.0 Å². The van der Waals surface area contributed by atoms with Gasteiger partial charge < -0.3 is 16.0 Å². The van der Waals surface area contributed by atoms with E-state index in [9.17, 15) is 18.0 Å². The lowest BCUT2D eigenvalue weighted by Gasteiger charge is -2.40. The Morgan fingerprint density at radius 1 is 1.15 bits per heavy atom. The van der Waals surface area contributed by atoms with Crippen LogP contribution < -0.4 is 16.0 Å². The number of hydrogen-bond donors (Lipinski definition) is 3. The highest BCUT2D eigenvalue weighted by Crippen LogP contribution is 2.42. The highest BCUT2D eigenvalue weighted by atomic mass is 35.5. The number of halogens is 4. The number of fused-ring (bicyclic) bond motifs is 1. The van der Waals surface area contributed by atoms with E-state index in [4.69, 9.17) is 16.7 Å². The summed E-state index contributed by atoms with van der Waals surface area (Å²) in [5, 5.41) is 15.8. The molecule has 1 aromatic carbocycles. The summed E-state index contributed by atoms with van der Waals surface area (Å²) in [6.45, 7) is 3.89. The summed E-state index contributed by atoms with van der Waals surface area (Å²) in [5.74, 6) is 0.230. The van der Waals surface area contributed by atoms with Crippen LogP contribution in [0, 0.1) is 0 Å². The number of nitrogens with zero attached hydrogens (tertiary/aromatic N) is 3. The van der Waals surface area contributed by atoms with Gasteiger partial charge in [0.05, 0.1) is 22.8 Å². The van der Waals surface area contributed by atoms with Crippen LogP contribution in [0.25, 0.3) is 10.9 Å². The van der Waals surface area contributed by atoms with E-state index in [1.54, 1.807) is 6.07 Å². The molecule has 2 atom stereocenters. The number of amides is 1. The van der Waals surface area contributed by atoms with Crippen LogP contribution >= 0.6 is 11.6 Å². The summed E-state index contributed by atoms with van der Waals surface area (Å²) < 4.78 is 43.0. The fourth-order valence-electron chi connectivity index (χ4n) is 6.26. The van der Waals surface area contributed by atoms with Gasteiger partial charge in [-0.3, -0.25) is 9.48 Å². The minimum absolute atomic E-state index is 0.114. The maximum absolute atomic E-state index is 13.7. The van der Waals surface area contributed by atoms with Crippen molar-refractivity contribution in [2.24, 2.45) is 0 Å². The first kappa shape index (κ1) is 27.3. The summed E-state index contributed by atoms with van der Waals surface area (Å²) in [5.41, 5.74) is 0.637. The number of nitrogens with one attached hydrogen (secondary N) is 3. The Balaban J connectivity index is 1.21. The predicted octanol–water partition coefficient (Wildman–Crippen LogP) is 6.45. The van der Waals surface area contributed by atoms with E-state index in [1.165, 1.54) is 12.1 Å². The molecule has 11 heteroatoms. The van der Waals surface area contributed by atoms with E-state index >= 15 is 0 Å². The smallest absolute Gasteiger partial charge is 0.379 e. The molecule has 3 heterocycles. The number of rotatable bonds is 6. The number of piperidine rings is 1. The Bertz CT molecular complexity index is 1410. The first-order valence-electron chi connectivity index (χ1n) is 14.1. The third kappa shape index (κ3) is 5.79. The minimum atomic E-state index is -4.58. The second kappa shape index (κ2) is 10.5. The fraction of sp³-hybridized carbons (Fsp3) is 0.552. The third-order valence-electron chi connectivity index (χ3n) is 8.46. The maximum Gasteiger partial charge on any atom is 0.433 e. The summed E-state index contributed by atoms with van der Waals surface area (Å²) in [4.78, 5) is 17.4. The number of anilines is 1. The van der Waals surface area contributed by atoms with Crippen LogP contribution in [0.1, 0.15) is 92.0 Å². The zero-order valence-electron chi connectivity index (χ0n) is 22.5. The van der Waals surface area contributed by atoms with Crippen molar-refractivity contribution in [3.63, 3.8) is 0 Å². The predicted molar refractivity (Wildman–Crippen MR) is 149 cm³/mol. The number of hydrogen-bond acceptors (Lipinski definition) is 5. The second-order valence-corrected chi connectivity index (χ2v) is 12.3. The first-order chi connectivity index (χ1) is 19.1. The van der Waals surface area contributed by atoms with E-state index in [0.29, 0.717) is 40.0 Å². The first-order valence-corrected chi connectivity index (χ1v) is 14.5. The molecule has 3 aromatic rings. The van der Waals surface area contributed by atoms with Gasteiger partial charge in [-0.15, -0.1) is 0 Å². The number of aromatic nitrogens is 3. The lowest BCUT2D eigenvalue weighted by Crippen LogP contribution is -2.48. The van der Waals surface area contributed by atoms with Crippen molar-refractivity contribution < 1.29 is 18.0 Å². The number of benzene rings is 1. The van der Waals surface area contributed by atoms with E-state index in [-0.39, 0.29) is 17.5 Å². The Hall–Kier alpha value is -2.85. The number of carbonyl (C=O) groups is 1. The molecule has 0 radical (unpaired) electrons.